The molecular weight excluding hydrogens is 234 g/mol. The van der Waals surface area contributed by atoms with Gasteiger partial charge in [0.1, 0.15) is 12.6 Å². The number of imide groups is 1. The van der Waals surface area contributed by atoms with Crippen LogP contribution in [0.15, 0.2) is 0 Å². The van der Waals surface area contributed by atoms with Gasteiger partial charge < -0.3 is 10.2 Å². The number of piperidine rings is 1. The van der Waals surface area contributed by atoms with Gasteiger partial charge in [-0.3, -0.25) is 19.7 Å². The van der Waals surface area contributed by atoms with Crippen molar-refractivity contribution in [2.24, 2.45) is 5.41 Å². The van der Waals surface area contributed by atoms with Gasteiger partial charge in [-0.25, -0.2) is 0 Å². The van der Waals surface area contributed by atoms with E-state index in [1.165, 1.54) is 4.90 Å². The molecule has 3 amide bonds. The van der Waals surface area contributed by atoms with Crippen LogP contribution in [-0.2, 0) is 14.4 Å². The van der Waals surface area contributed by atoms with Crippen LogP contribution in [0.1, 0.15) is 26.7 Å². The molecule has 6 nitrogen and oxygen atoms in total. The molecule has 0 aromatic rings. The molecule has 2 aliphatic rings. The second-order valence-electron chi connectivity index (χ2n) is 5.36. The minimum atomic E-state index is -0.575. The summed E-state index contributed by atoms with van der Waals surface area (Å²) in [5, 5.41) is 5.44. The first kappa shape index (κ1) is 13.0. The van der Waals surface area contributed by atoms with Crippen molar-refractivity contribution in [1.29, 1.82) is 0 Å². The Kier molecular flexibility index (Phi) is 3.38. The molecule has 0 aromatic carbocycles. The fraction of sp³-hybridized carbons (Fsp3) is 0.750. The summed E-state index contributed by atoms with van der Waals surface area (Å²) >= 11 is 0. The number of hydrogen-bond acceptors (Lipinski definition) is 4. The molecule has 2 atom stereocenters. The topological polar surface area (TPSA) is 78.5 Å². The molecule has 100 valence electrons. The highest BCUT2D eigenvalue weighted by molar-refractivity contribution is 6.04. The van der Waals surface area contributed by atoms with E-state index in [2.05, 4.69) is 10.6 Å². The Morgan fingerprint density at radius 2 is 2.17 bits per heavy atom. The van der Waals surface area contributed by atoms with E-state index < -0.39 is 23.3 Å². The van der Waals surface area contributed by atoms with Crippen molar-refractivity contribution in [2.75, 3.05) is 19.6 Å². The van der Waals surface area contributed by atoms with Crippen LogP contribution in [0.3, 0.4) is 0 Å². The Bertz CT molecular complexity index is 388. The quantitative estimate of drug-likeness (QED) is 0.603. The first-order chi connectivity index (χ1) is 8.44. The van der Waals surface area contributed by atoms with E-state index in [4.69, 9.17) is 0 Å². The monoisotopic (exact) mass is 253 g/mol. The van der Waals surface area contributed by atoms with E-state index in [0.29, 0.717) is 6.54 Å². The molecule has 0 aromatic heterocycles. The normalized spacial score (nSPS) is 33.2. The highest BCUT2D eigenvalue weighted by Crippen LogP contribution is 2.29. The summed E-state index contributed by atoms with van der Waals surface area (Å²) in [6.07, 6.45) is 1.72. The maximum absolute atomic E-state index is 12.5. The van der Waals surface area contributed by atoms with Gasteiger partial charge in [-0.15, -0.1) is 0 Å². The zero-order valence-corrected chi connectivity index (χ0v) is 10.8. The molecule has 0 radical (unpaired) electrons. The third-order valence-corrected chi connectivity index (χ3v) is 3.80. The highest BCUT2D eigenvalue weighted by Gasteiger charge is 2.43. The Labute approximate surface area is 106 Å². The molecule has 18 heavy (non-hydrogen) atoms. The van der Waals surface area contributed by atoms with Crippen molar-refractivity contribution in [1.82, 2.24) is 15.5 Å². The molecular formula is C12H19N3O3. The number of nitrogens with zero attached hydrogens (tertiary/aromatic N) is 1. The van der Waals surface area contributed by atoms with Gasteiger partial charge in [0.15, 0.2) is 0 Å². The van der Waals surface area contributed by atoms with Gasteiger partial charge in [0.05, 0.1) is 5.41 Å². The van der Waals surface area contributed by atoms with Crippen LogP contribution in [0.4, 0.5) is 0 Å². The predicted molar refractivity (Wildman–Crippen MR) is 64.5 cm³/mol. The number of carbonyl (C=O) groups is 3. The summed E-state index contributed by atoms with van der Waals surface area (Å²) in [7, 11) is 0. The number of nitrogens with one attached hydrogen (secondary N) is 2. The van der Waals surface area contributed by atoms with Crippen LogP contribution in [0.25, 0.3) is 0 Å². The zero-order valence-electron chi connectivity index (χ0n) is 10.8. The Balaban J connectivity index is 2.16. The fourth-order valence-electron chi connectivity index (χ4n) is 2.55. The van der Waals surface area contributed by atoms with Crippen molar-refractivity contribution < 1.29 is 14.4 Å². The molecule has 2 N–H and O–H groups in total. The largest absolute Gasteiger partial charge is 0.321 e. The number of rotatable bonds is 1. The number of amides is 3. The second-order valence-corrected chi connectivity index (χ2v) is 5.36. The van der Waals surface area contributed by atoms with Gasteiger partial charge in [0.2, 0.25) is 17.7 Å². The highest BCUT2D eigenvalue weighted by atomic mass is 16.2. The summed E-state index contributed by atoms with van der Waals surface area (Å²) in [6, 6.07) is -0.575. The van der Waals surface area contributed by atoms with Crippen LogP contribution in [0.2, 0.25) is 0 Å². The maximum atomic E-state index is 12.5. The summed E-state index contributed by atoms with van der Waals surface area (Å²) in [5.41, 5.74) is -0.510. The van der Waals surface area contributed by atoms with Crippen molar-refractivity contribution >= 4 is 17.7 Å². The lowest BCUT2D eigenvalue weighted by Crippen LogP contribution is -2.62. The molecule has 2 saturated heterocycles. The van der Waals surface area contributed by atoms with Crippen LogP contribution >= 0.6 is 0 Å². The first-order valence-corrected chi connectivity index (χ1v) is 6.29. The molecule has 6 heteroatoms. The van der Waals surface area contributed by atoms with Crippen LogP contribution < -0.4 is 10.6 Å². The van der Waals surface area contributed by atoms with E-state index in [9.17, 15) is 14.4 Å². The smallest absolute Gasteiger partial charge is 0.249 e. The third-order valence-electron chi connectivity index (χ3n) is 3.80. The third kappa shape index (κ3) is 2.25. The summed E-state index contributed by atoms with van der Waals surface area (Å²) in [4.78, 5) is 36.9. The summed E-state index contributed by atoms with van der Waals surface area (Å²) < 4.78 is 0. The minimum Gasteiger partial charge on any atom is -0.321 e. The SMILES string of the molecule is CC1C(=O)NC(=O)CN1C(=O)C1(C)CCCNC1. The minimum absolute atomic E-state index is 0.0265. The second kappa shape index (κ2) is 4.68. The molecule has 2 aliphatic heterocycles. The lowest BCUT2D eigenvalue weighted by Gasteiger charge is -2.40. The molecule has 2 rings (SSSR count). The lowest BCUT2D eigenvalue weighted by atomic mass is 9.81. The van der Waals surface area contributed by atoms with Gasteiger partial charge in [-0.05, 0) is 33.2 Å². The van der Waals surface area contributed by atoms with Crippen LogP contribution in [-0.4, -0.2) is 48.3 Å². The summed E-state index contributed by atoms with van der Waals surface area (Å²) in [6.45, 7) is 5.04. The molecule has 2 fully saturated rings. The van der Waals surface area contributed by atoms with Gasteiger partial charge in [0, 0.05) is 6.54 Å². The van der Waals surface area contributed by atoms with E-state index in [1.54, 1.807) is 6.92 Å². The maximum Gasteiger partial charge on any atom is 0.249 e. The van der Waals surface area contributed by atoms with Gasteiger partial charge >= 0.3 is 0 Å². The standard InChI is InChI=1S/C12H19N3O3/c1-8-10(17)14-9(16)6-15(8)11(18)12(2)4-3-5-13-7-12/h8,13H,3-7H2,1-2H3,(H,14,16,17). The van der Waals surface area contributed by atoms with E-state index in [-0.39, 0.29) is 12.5 Å². The van der Waals surface area contributed by atoms with Gasteiger partial charge in [-0.2, -0.15) is 0 Å². The van der Waals surface area contributed by atoms with Crippen molar-refractivity contribution in [2.45, 2.75) is 32.7 Å². The molecule has 0 aliphatic carbocycles. The Hall–Kier alpha value is -1.43. The number of piperazine rings is 1. The van der Waals surface area contributed by atoms with Crippen molar-refractivity contribution in [3.05, 3.63) is 0 Å². The first-order valence-electron chi connectivity index (χ1n) is 6.29. The average molecular weight is 253 g/mol. The van der Waals surface area contributed by atoms with Crippen molar-refractivity contribution in [3.8, 4) is 0 Å². The zero-order chi connectivity index (χ0) is 13.3. The molecule has 0 bridgehead atoms. The van der Waals surface area contributed by atoms with Gasteiger partial charge in [-0.1, -0.05) is 0 Å². The predicted octanol–water partition coefficient (Wildman–Crippen LogP) is -0.750. The van der Waals surface area contributed by atoms with Crippen LogP contribution in [0.5, 0.6) is 0 Å². The summed E-state index contributed by atoms with van der Waals surface area (Å²) in [5.74, 6) is -0.906. The fourth-order valence-corrected chi connectivity index (χ4v) is 2.55. The Morgan fingerprint density at radius 3 is 2.78 bits per heavy atom. The van der Waals surface area contributed by atoms with Gasteiger partial charge in [0.25, 0.3) is 0 Å². The number of hydrogen-bond donors (Lipinski definition) is 2. The lowest BCUT2D eigenvalue weighted by molar-refractivity contribution is -0.155. The van der Waals surface area contributed by atoms with Crippen LogP contribution in [0, 0.1) is 5.41 Å². The number of carbonyl (C=O) groups excluding carboxylic acids is 3. The Morgan fingerprint density at radius 1 is 1.44 bits per heavy atom. The van der Waals surface area contributed by atoms with E-state index in [0.717, 1.165) is 19.4 Å². The molecule has 0 spiro atoms. The average Bonchev–Trinajstić information content (AvgIpc) is 2.34. The molecule has 2 heterocycles. The molecule has 0 saturated carbocycles. The van der Waals surface area contributed by atoms with E-state index >= 15 is 0 Å². The van der Waals surface area contributed by atoms with E-state index in [1.807, 2.05) is 6.92 Å². The van der Waals surface area contributed by atoms with Crippen molar-refractivity contribution in [3.63, 3.8) is 0 Å². The molecule has 2 unspecified atom stereocenters.